The zero-order chi connectivity index (χ0) is 14.9. The van der Waals surface area contributed by atoms with Crippen molar-refractivity contribution in [2.45, 2.75) is 19.4 Å². The van der Waals surface area contributed by atoms with Crippen LogP contribution in [0.3, 0.4) is 0 Å². The molecular weight excluding hydrogens is 262 g/mol. The molecule has 2 aromatic rings. The van der Waals surface area contributed by atoms with E-state index >= 15 is 0 Å². The lowest BCUT2D eigenvalue weighted by Crippen LogP contribution is -2.47. The van der Waals surface area contributed by atoms with Crippen molar-refractivity contribution in [3.8, 4) is 0 Å². The van der Waals surface area contributed by atoms with Gasteiger partial charge in [-0.05, 0) is 39.1 Å². The number of carboxylic acid groups (broad SMARTS) is 1. The Labute approximate surface area is 115 Å². The molecule has 0 saturated heterocycles. The molecule has 0 fully saturated rings. The molecule has 3 N–H and O–H groups in total. The van der Waals surface area contributed by atoms with Crippen molar-refractivity contribution < 1.29 is 19.1 Å². The highest BCUT2D eigenvalue weighted by molar-refractivity contribution is 5.97. The highest BCUT2D eigenvalue weighted by Crippen LogP contribution is 2.21. The van der Waals surface area contributed by atoms with Crippen molar-refractivity contribution in [1.82, 2.24) is 10.3 Å². The van der Waals surface area contributed by atoms with Gasteiger partial charge in [0.05, 0.1) is 11.1 Å². The van der Waals surface area contributed by atoms with E-state index in [2.05, 4.69) is 15.6 Å². The molecule has 0 bridgehead atoms. The summed E-state index contributed by atoms with van der Waals surface area (Å²) in [4.78, 5) is 26.9. The second-order valence-corrected chi connectivity index (χ2v) is 4.84. The predicted molar refractivity (Wildman–Crippen MR) is 72.7 cm³/mol. The highest BCUT2D eigenvalue weighted by Gasteiger charge is 2.26. The van der Waals surface area contributed by atoms with Gasteiger partial charge in [0.25, 0.3) is 0 Å². The van der Waals surface area contributed by atoms with E-state index in [1.54, 1.807) is 20.9 Å². The topological polar surface area (TPSA) is 104 Å². The Hall–Kier alpha value is -2.41. The molecule has 7 heteroatoms. The van der Waals surface area contributed by atoms with Gasteiger partial charge in [-0.1, -0.05) is 0 Å². The van der Waals surface area contributed by atoms with Gasteiger partial charge in [0.15, 0.2) is 5.58 Å². The van der Waals surface area contributed by atoms with Gasteiger partial charge >= 0.3 is 12.0 Å². The molecule has 20 heavy (non-hydrogen) atoms. The van der Waals surface area contributed by atoms with Gasteiger partial charge in [-0.15, -0.1) is 0 Å². The summed E-state index contributed by atoms with van der Waals surface area (Å²) in [5.74, 6) is -1.35. The summed E-state index contributed by atoms with van der Waals surface area (Å²) in [6.07, 6.45) is 0. The minimum absolute atomic E-state index is 0.0378. The Bertz CT molecular complexity index is 675. The molecule has 1 heterocycles. The van der Waals surface area contributed by atoms with Crippen LogP contribution in [0.25, 0.3) is 11.1 Å². The fourth-order valence-electron chi connectivity index (χ4n) is 1.48. The number of hydrogen-bond acceptors (Lipinski definition) is 5. The number of carbonyl (C=O) groups is 2. The number of oxazole rings is 1. The number of nitrogens with zero attached hydrogens (tertiary/aromatic N) is 1. The zero-order valence-corrected chi connectivity index (χ0v) is 11.4. The molecular formula is C13H15N3O4. The largest absolute Gasteiger partial charge is 0.478 e. The summed E-state index contributed by atoms with van der Waals surface area (Å²) in [6.45, 7) is 3.43. The van der Waals surface area contributed by atoms with Crippen molar-refractivity contribution in [3.63, 3.8) is 0 Å². The van der Waals surface area contributed by atoms with Gasteiger partial charge < -0.3 is 14.8 Å². The monoisotopic (exact) mass is 277 g/mol. The minimum Gasteiger partial charge on any atom is -0.478 e. The van der Waals surface area contributed by atoms with Gasteiger partial charge in [0.1, 0.15) is 5.52 Å². The first-order valence-electron chi connectivity index (χ1n) is 5.98. The van der Waals surface area contributed by atoms with E-state index in [0.29, 0.717) is 11.1 Å². The maximum atomic E-state index is 11.9. The number of aromatic carboxylic acids is 1. The molecule has 0 saturated carbocycles. The van der Waals surface area contributed by atoms with Crippen LogP contribution < -0.4 is 10.6 Å². The molecule has 0 aliphatic rings. The van der Waals surface area contributed by atoms with Crippen molar-refractivity contribution in [1.29, 1.82) is 0 Å². The third-order valence-corrected chi connectivity index (χ3v) is 3.05. The average molecular weight is 277 g/mol. The number of nitrogens with one attached hydrogen (secondary N) is 2. The number of hydrogen-bond donors (Lipinski definition) is 3. The van der Waals surface area contributed by atoms with Gasteiger partial charge in [-0.3, -0.25) is 10.1 Å². The maximum absolute atomic E-state index is 11.9. The van der Waals surface area contributed by atoms with Gasteiger partial charge in [-0.2, -0.15) is 4.98 Å². The third kappa shape index (κ3) is 2.62. The van der Waals surface area contributed by atoms with Crippen molar-refractivity contribution in [2.75, 3.05) is 12.4 Å². The summed E-state index contributed by atoms with van der Waals surface area (Å²) < 4.78 is 5.35. The number of rotatable bonds is 4. The van der Waals surface area contributed by atoms with Crippen molar-refractivity contribution in [2.24, 2.45) is 0 Å². The maximum Gasteiger partial charge on any atom is 0.335 e. The third-order valence-electron chi connectivity index (χ3n) is 3.05. The molecule has 2 rings (SSSR count). The first kappa shape index (κ1) is 14.0. The summed E-state index contributed by atoms with van der Waals surface area (Å²) in [6, 6.07) is 4.35. The second-order valence-electron chi connectivity index (χ2n) is 4.84. The van der Waals surface area contributed by atoms with Crippen LogP contribution >= 0.6 is 0 Å². The Morgan fingerprint density at radius 2 is 2.05 bits per heavy atom. The Kier molecular flexibility index (Phi) is 3.46. The number of likely N-dealkylation sites (N-methyl/N-ethyl adjacent to an activating group) is 1. The molecule has 0 spiro atoms. The summed E-state index contributed by atoms with van der Waals surface area (Å²) >= 11 is 0. The number of carbonyl (C=O) groups excluding carboxylic acids is 1. The van der Waals surface area contributed by atoms with E-state index < -0.39 is 11.5 Å². The predicted octanol–water partition coefficient (Wildman–Crippen LogP) is 1.46. The fourth-order valence-corrected chi connectivity index (χ4v) is 1.48. The standard InChI is InChI=1S/C13H15N3O4/c1-13(2,14-3)11(19)16-12-15-8-6-7(10(17)18)4-5-9(8)20-12/h4-6,14H,1-3H3,(H,17,18)(H,15,16,19). The molecule has 0 radical (unpaired) electrons. The Morgan fingerprint density at radius 3 is 2.65 bits per heavy atom. The van der Waals surface area contributed by atoms with Crippen molar-refractivity contribution in [3.05, 3.63) is 23.8 Å². The molecule has 1 amide bonds. The number of fused-ring (bicyclic) bond motifs is 1. The molecule has 0 aliphatic heterocycles. The fraction of sp³-hybridized carbons (Fsp3) is 0.308. The van der Waals surface area contributed by atoms with E-state index in [9.17, 15) is 9.59 Å². The molecule has 1 aromatic heterocycles. The van der Waals surface area contributed by atoms with E-state index in [-0.39, 0.29) is 17.5 Å². The van der Waals surface area contributed by atoms with E-state index in [1.165, 1.54) is 18.2 Å². The van der Waals surface area contributed by atoms with E-state index in [4.69, 9.17) is 9.52 Å². The number of aromatic nitrogens is 1. The Morgan fingerprint density at radius 1 is 1.35 bits per heavy atom. The normalized spacial score (nSPS) is 11.6. The first-order chi connectivity index (χ1) is 9.33. The quantitative estimate of drug-likeness (QED) is 0.781. The Balaban J connectivity index is 2.28. The van der Waals surface area contributed by atoms with Gasteiger partial charge in [0, 0.05) is 0 Å². The lowest BCUT2D eigenvalue weighted by molar-refractivity contribution is -0.121. The molecule has 0 unspecified atom stereocenters. The SMILES string of the molecule is CNC(C)(C)C(=O)Nc1nc2cc(C(=O)O)ccc2o1. The summed E-state index contributed by atoms with van der Waals surface area (Å²) in [7, 11) is 1.67. The lowest BCUT2D eigenvalue weighted by Gasteiger charge is -2.21. The number of benzene rings is 1. The van der Waals surface area contributed by atoms with Crippen molar-refractivity contribution >= 4 is 29.0 Å². The van der Waals surface area contributed by atoms with E-state index in [1.807, 2.05) is 0 Å². The number of anilines is 1. The average Bonchev–Trinajstić information content (AvgIpc) is 2.79. The lowest BCUT2D eigenvalue weighted by atomic mass is 10.1. The van der Waals surface area contributed by atoms with Crippen LogP contribution in [0.5, 0.6) is 0 Å². The smallest absolute Gasteiger partial charge is 0.335 e. The van der Waals surface area contributed by atoms with Crippen LogP contribution in [-0.4, -0.2) is 34.6 Å². The summed E-state index contributed by atoms with van der Waals surface area (Å²) in [5, 5.41) is 14.3. The summed E-state index contributed by atoms with van der Waals surface area (Å²) in [5.41, 5.74) is 0.127. The zero-order valence-electron chi connectivity index (χ0n) is 11.4. The minimum atomic E-state index is -1.04. The molecule has 7 nitrogen and oxygen atoms in total. The van der Waals surface area contributed by atoms with E-state index in [0.717, 1.165) is 0 Å². The van der Waals surface area contributed by atoms with Crippen LogP contribution in [0.4, 0.5) is 6.01 Å². The molecule has 0 atom stereocenters. The molecule has 106 valence electrons. The van der Waals surface area contributed by atoms with Crippen LogP contribution in [0.15, 0.2) is 22.6 Å². The second kappa shape index (κ2) is 4.93. The number of carboxylic acids is 1. The van der Waals surface area contributed by atoms with Crippen LogP contribution in [0, 0.1) is 0 Å². The highest BCUT2D eigenvalue weighted by atomic mass is 16.4. The number of amides is 1. The van der Waals surface area contributed by atoms with Crippen LogP contribution in [0.2, 0.25) is 0 Å². The first-order valence-corrected chi connectivity index (χ1v) is 5.98. The molecule has 1 aromatic carbocycles. The van der Waals surface area contributed by atoms with Crippen LogP contribution in [-0.2, 0) is 4.79 Å². The van der Waals surface area contributed by atoms with Gasteiger partial charge in [0.2, 0.25) is 5.91 Å². The molecule has 0 aliphatic carbocycles. The van der Waals surface area contributed by atoms with Gasteiger partial charge in [-0.25, -0.2) is 4.79 Å². The van der Waals surface area contributed by atoms with Crippen LogP contribution in [0.1, 0.15) is 24.2 Å².